The second-order valence-corrected chi connectivity index (χ2v) is 4.83. The van der Waals surface area contributed by atoms with E-state index in [2.05, 4.69) is 15.5 Å². The molecule has 0 saturated heterocycles. The number of rotatable bonds is 5. The molecule has 1 atom stereocenters. The van der Waals surface area contributed by atoms with Crippen molar-refractivity contribution in [2.75, 3.05) is 0 Å². The van der Waals surface area contributed by atoms with E-state index in [1.54, 1.807) is 0 Å². The fourth-order valence-corrected chi connectivity index (χ4v) is 2.12. The molecular weight excluding hydrogens is 294 g/mol. The van der Waals surface area contributed by atoms with Crippen molar-refractivity contribution >= 4 is 6.09 Å². The van der Waals surface area contributed by atoms with E-state index in [0.29, 0.717) is 5.89 Å². The second kappa shape index (κ2) is 7.22. The summed E-state index contributed by atoms with van der Waals surface area (Å²) >= 11 is 0. The van der Waals surface area contributed by atoms with Crippen molar-refractivity contribution < 1.29 is 14.1 Å². The van der Waals surface area contributed by atoms with Gasteiger partial charge < -0.3 is 14.6 Å². The Hall–Kier alpha value is -3.15. The normalized spacial score (nSPS) is 11.7. The summed E-state index contributed by atoms with van der Waals surface area (Å²) in [5.41, 5.74) is 1.74. The smallest absolute Gasteiger partial charge is 0.408 e. The van der Waals surface area contributed by atoms with Crippen LogP contribution in [0, 0.1) is 0 Å². The molecule has 0 fully saturated rings. The van der Waals surface area contributed by atoms with Gasteiger partial charge in [0.1, 0.15) is 12.6 Å². The number of nitrogens with zero attached hydrogens (tertiary/aromatic N) is 2. The van der Waals surface area contributed by atoms with Crippen molar-refractivity contribution in [2.45, 2.75) is 12.6 Å². The Balaban J connectivity index is 1.68. The Morgan fingerprint density at radius 3 is 2.43 bits per heavy atom. The van der Waals surface area contributed by atoms with Crippen molar-refractivity contribution in [2.24, 2.45) is 0 Å². The van der Waals surface area contributed by atoms with Gasteiger partial charge >= 0.3 is 6.09 Å². The van der Waals surface area contributed by atoms with E-state index in [-0.39, 0.29) is 6.61 Å². The van der Waals surface area contributed by atoms with Gasteiger partial charge in [0, 0.05) is 0 Å². The predicted molar refractivity (Wildman–Crippen MR) is 82.3 cm³/mol. The summed E-state index contributed by atoms with van der Waals surface area (Å²) in [6.07, 6.45) is 0.739. The Bertz CT molecular complexity index is 730. The van der Waals surface area contributed by atoms with Gasteiger partial charge in [0.15, 0.2) is 6.33 Å². The van der Waals surface area contributed by atoms with E-state index < -0.39 is 12.1 Å². The summed E-state index contributed by atoms with van der Waals surface area (Å²) < 4.78 is 10.3. The van der Waals surface area contributed by atoms with Crippen molar-refractivity contribution in [3.8, 4) is 0 Å². The Morgan fingerprint density at radius 2 is 1.78 bits per heavy atom. The van der Waals surface area contributed by atoms with Gasteiger partial charge in [-0.1, -0.05) is 65.8 Å². The highest BCUT2D eigenvalue weighted by molar-refractivity contribution is 5.68. The molecule has 23 heavy (non-hydrogen) atoms. The van der Waals surface area contributed by atoms with E-state index in [4.69, 9.17) is 9.26 Å². The van der Waals surface area contributed by atoms with Gasteiger partial charge in [-0.2, -0.15) is 4.98 Å². The monoisotopic (exact) mass is 309 g/mol. The predicted octanol–water partition coefficient (Wildman–Crippen LogP) is 3.09. The first-order valence-electron chi connectivity index (χ1n) is 7.11. The topological polar surface area (TPSA) is 77.3 Å². The van der Waals surface area contributed by atoms with Crippen molar-refractivity contribution in [3.05, 3.63) is 84.0 Å². The summed E-state index contributed by atoms with van der Waals surface area (Å²) in [5, 5.41) is 6.34. The number of benzene rings is 2. The molecule has 0 aliphatic rings. The first kappa shape index (κ1) is 14.8. The fraction of sp³-hybridized carbons (Fsp3) is 0.118. The van der Waals surface area contributed by atoms with Crippen LogP contribution in [0.5, 0.6) is 0 Å². The lowest BCUT2D eigenvalue weighted by Crippen LogP contribution is -2.30. The molecule has 3 aromatic rings. The average Bonchev–Trinajstić information content (AvgIpc) is 3.14. The van der Waals surface area contributed by atoms with Crippen LogP contribution in [0.1, 0.15) is 23.1 Å². The number of carbonyl (C=O) groups is 1. The molecular formula is C17H15N3O3. The van der Waals surface area contributed by atoms with E-state index in [1.165, 1.54) is 6.33 Å². The third-order valence-electron chi connectivity index (χ3n) is 3.23. The molecule has 1 aromatic heterocycles. The van der Waals surface area contributed by atoms with Crippen LogP contribution in [-0.2, 0) is 11.3 Å². The number of carbonyl (C=O) groups excluding carboxylic acids is 1. The molecule has 116 valence electrons. The highest BCUT2D eigenvalue weighted by Crippen LogP contribution is 2.19. The van der Waals surface area contributed by atoms with Gasteiger partial charge in [0.25, 0.3) is 5.89 Å². The minimum atomic E-state index is -0.555. The second-order valence-electron chi connectivity index (χ2n) is 4.83. The maximum absolute atomic E-state index is 12.1. The number of hydrogen-bond donors (Lipinski definition) is 1. The summed E-state index contributed by atoms with van der Waals surface area (Å²) in [6, 6.07) is 18.3. The number of nitrogens with one attached hydrogen (secondary N) is 1. The maximum Gasteiger partial charge on any atom is 0.408 e. The van der Waals surface area contributed by atoms with Crippen molar-refractivity contribution in [1.29, 1.82) is 0 Å². The summed E-state index contributed by atoms with van der Waals surface area (Å²) in [5.74, 6) is 0.299. The highest BCUT2D eigenvalue weighted by Gasteiger charge is 2.22. The molecule has 1 N–H and O–H groups in total. The van der Waals surface area contributed by atoms with Crippen LogP contribution >= 0.6 is 0 Å². The minimum Gasteiger partial charge on any atom is -0.445 e. The molecule has 0 spiro atoms. The average molecular weight is 309 g/mol. The Kier molecular flexibility index (Phi) is 4.63. The van der Waals surface area contributed by atoms with Gasteiger partial charge in [-0.3, -0.25) is 0 Å². The lowest BCUT2D eigenvalue weighted by atomic mass is 10.1. The molecule has 6 heteroatoms. The zero-order chi connectivity index (χ0) is 15.9. The van der Waals surface area contributed by atoms with Crippen LogP contribution in [0.3, 0.4) is 0 Å². The number of aromatic nitrogens is 2. The highest BCUT2D eigenvalue weighted by atomic mass is 16.5. The van der Waals surface area contributed by atoms with Crippen LogP contribution in [0.15, 0.2) is 71.5 Å². The molecule has 0 bridgehead atoms. The van der Waals surface area contributed by atoms with Crippen LogP contribution in [0.2, 0.25) is 0 Å². The molecule has 3 rings (SSSR count). The van der Waals surface area contributed by atoms with Gasteiger partial charge in [0.05, 0.1) is 0 Å². The first-order valence-corrected chi connectivity index (χ1v) is 7.11. The minimum absolute atomic E-state index is 0.192. The third kappa shape index (κ3) is 3.94. The van der Waals surface area contributed by atoms with Gasteiger partial charge in [-0.25, -0.2) is 4.79 Å². The molecule has 2 aromatic carbocycles. The van der Waals surface area contributed by atoms with Crippen molar-refractivity contribution in [1.82, 2.24) is 15.5 Å². The SMILES string of the molecule is O=C(N[C@@H](c1ccccc1)c1ncno1)OCc1ccccc1. The van der Waals surface area contributed by atoms with E-state index in [0.717, 1.165) is 11.1 Å². The number of ether oxygens (including phenoxy) is 1. The fourth-order valence-electron chi connectivity index (χ4n) is 2.12. The first-order chi connectivity index (χ1) is 11.3. The molecule has 1 amide bonds. The van der Waals surface area contributed by atoms with Crippen LogP contribution in [-0.4, -0.2) is 16.2 Å². The van der Waals surface area contributed by atoms with Crippen LogP contribution in [0.25, 0.3) is 0 Å². The molecule has 0 aliphatic carbocycles. The summed E-state index contributed by atoms with van der Waals surface area (Å²) in [7, 11) is 0. The zero-order valence-electron chi connectivity index (χ0n) is 12.3. The molecule has 0 radical (unpaired) electrons. The molecule has 0 saturated carbocycles. The van der Waals surface area contributed by atoms with E-state index >= 15 is 0 Å². The lowest BCUT2D eigenvalue weighted by Gasteiger charge is -2.15. The standard InChI is InChI=1S/C17H15N3O3/c21-17(22-11-13-7-3-1-4-8-13)20-15(16-18-12-19-23-16)14-9-5-2-6-10-14/h1-10,12,15H,11H2,(H,20,21)/t15-/m0/s1. The Morgan fingerprint density at radius 1 is 1.09 bits per heavy atom. The van der Waals surface area contributed by atoms with Crippen LogP contribution in [0.4, 0.5) is 4.79 Å². The Labute approximate surface area is 133 Å². The number of hydrogen-bond acceptors (Lipinski definition) is 5. The lowest BCUT2D eigenvalue weighted by molar-refractivity contribution is 0.135. The van der Waals surface area contributed by atoms with Gasteiger partial charge in [0.2, 0.25) is 0 Å². The van der Waals surface area contributed by atoms with Crippen LogP contribution < -0.4 is 5.32 Å². The largest absolute Gasteiger partial charge is 0.445 e. The molecule has 6 nitrogen and oxygen atoms in total. The number of alkyl carbamates (subject to hydrolysis) is 1. The zero-order valence-corrected chi connectivity index (χ0v) is 12.3. The third-order valence-corrected chi connectivity index (χ3v) is 3.23. The van der Waals surface area contributed by atoms with E-state index in [9.17, 15) is 4.79 Å². The molecule has 0 unspecified atom stereocenters. The molecule has 0 aliphatic heterocycles. The number of amides is 1. The summed E-state index contributed by atoms with van der Waals surface area (Å²) in [6.45, 7) is 0.192. The van der Waals surface area contributed by atoms with Gasteiger partial charge in [-0.15, -0.1) is 0 Å². The quantitative estimate of drug-likeness (QED) is 0.783. The summed E-state index contributed by atoms with van der Waals surface area (Å²) in [4.78, 5) is 16.1. The van der Waals surface area contributed by atoms with E-state index in [1.807, 2.05) is 60.7 Å². The van der Waals surface area contributed by atoms with Crippen molar-refractivity contribution in [3.63, 3.8) is 0 Å². The van der Waals surface area contributed by atoms with Gasteiger partial charge in [-0.05, 0) is 11.1 Å². The molecule has 1 heterocycles. The maximum atomic E-state index is 12.1.